The van der Waals surface area contributed by atoms with Gasteiger partial charge in [-0.2, -0.15) is 5.10 Å². The molecule has 0 radical (unpaired) electrons. The molecule has 0 spiro atoms. The SMILES string of the molecule is CC(C)c1c2c(nn1C)C(C)(C)c1cnc(Nc3ccc(N4CCNCC4)cn3)nc1-2. The van der Waals surface area contributed by atoms with Gasteiger partial charge in [0, 0.05) is 56.0 Å². The molecule has 1 aliphatic carbocycles. The lowest BCUT2D eigenvalue weighted by Crippen LogP contribution is -2.43. The van der Waals surface area contributed by atoms with Gasteiger partial charge < -0.3 is 15.5 Å². The van der Waals surface area contributed by atoms with Gasteiger partial charge in [0.05, 0.1) is 29.0 Å². The number of nitrogens with one attached hydrogen (secondary N) is 2. The maximum absolute atomic E-state index is 4.92. The number of nitrogens with zero attached hydrogens (tertiary/aromatic N) is 6. The topological polar surface area (TPSA) is 83.8 Å². The molecule has 8 nitrogen and oxygen atoms in total. The molecular formula is C23H30N8. The third-order valence-corrected chi connectivity index (χ3v) is 6.40. The van der Waals surface area contributed by atoms with E-state index in [0.29, 0.717) is 11.9 Å². The molecule has 0 saturated carbocycles. The van der Waals surface area contributed by atoms with Gasteiger partial charge in [0.15, 0.2) is 0 Å². The molecule has 8 heteroatoms. The van der Waals surface area contributed by atoms with Gasteiger partial charge in [-0.15, -0.1) is 0 Å². The summed E-state index contributed by atoms with van der Waals surface area (Å²) in [5.41, 5.74) is 6.49. The van der Waals surface area contributed by atoms with Crippen molar-refractivity contribution in [3.8, 4) is 11.3 Å². The molecule has 2 N–H and O–H groups in total. The lowest BCUT2D eigenvalue weighted by atomic mass is 9.87. The number of rotatable bonds is 4. The van der Waals surface area contributed by atoms with Crippen molar-refractivity contribution >= 4 is 17.5 Å². The molecule has 4 heterocycles. The molecule has 3 aromatic rings. The van der Waals surface area contributed by atoms with Crippen molar-refractivity contribution in [1.29, 1.82) is 0 Å². The number of aromatic nitrogens is 5. The Labute approximate surface area is 183 Å². The van der Waals surface area contributed by atoms with Crippen LogP contribution in [0.15, 0.2) is 24.5 Å². The third-order valence-electron chi connectivity index (χ3n) is 6.40. The van der Waals surface area contributed by atoms with Crippen LogP contribution in [0.4, 0.5) is 17.5 Å². The van der Waals surface area contributed by atoms with Gasteiger partial charge >= 0.3 is 0 Å². The largest absolute Gasteiger partial charge is 0.368 e. The van der Waals surface area contributed by atoms with Gasteiger partial charge in [-0.05, 0) is 31.9 Å². The van der Waals surface area contributed by atoms with E-state index in [2.05, 4.69) is 59.3 Å². The fraction of sp³-hybridized carbons (Fsp3) is 0.478. The van der Waals surface area contributed by atoms with Crippen LogP contribution in [-0.2, 0) is 12.5 Å². The first-order valence-corrected chi connectivity index (χ1v) is 11.0. The number of aryl methyl sites for hydroxylation is 1. The van der Waals surface area contributed by atoms with Crippen LogP contribution in [-0.4, -0.2) is 50.9 Å². The molecule has 5 rings (SSSR count). The van der Waals surface area contributed by atoms with Crippen LogP contribution < -0.4 is 15.5 Å². The fourth-order valence-electron chi connectivity index (χ4n) is 4.77. The quantitative estimate of drug-likeness (QED) is 0.673. The summed E-state index contributed by atoms with van der Waals surface area (Å²) in [5, 5.41) is 11.5. The van der Waals surface area contributed by atoms with Gasteiger partial charge in [0.2, 0.25) is 5.95 Å². The highest BCUT2D eigenvalue weighted by molar-refractivity contribution is 5.79. The lowest BCUT2D eigenvalue weighted by molar-refractivity contribution is 0.589. The highest BCUT2D eigenvalue weighted by atomic mass is 15.3. The van der Waals surface area contributed by atoms with E-state index in [9.17, 15) is 0 Å². The van der Waals surface area contributed by atoms with E-state index in [1.807, 2.05) is 30.2 Å². The van der Waals surface area contributed by atoms with Crippen LogP contribution in [0.2, 0.25) is 0 Å². The van der Waals surface area contributed by atoms with E-state index in [1.54, 1.807) is 0 Å². The van der Waals surface area contributed by atoms with E-state index in [0.717, 1.165) is 60.2 Å². The van der Waals surface area contributed by atoms with Gasteiger partial charge in [-0.25, -0.2) is 15.0 Å². The number of pyridine rings is 1. The first-order chi connectivity index (χ1) is 14.9. The molecule has 0 unspecified atom stereocenters. The highest BCUT2D eigenvalue weighted by Crippen LogP contribution is 2.49. The summed E-state index contributed by atoms with van der Waals surface area (Å²) in [6.07, 6.45) is 3.85. The highest BCUT2D eigenvalue weighted by Gasteiger charge is 2.42. The number of hydrogen-bond donors (Lipinski definition) is 2. The Kier molecular flexibility index (Phi) is 4.69. The van der Waals surface area contributed by atoms with Crippen LogP contribution in [0, 0.1) is 0 Å². The second-order valence-electron chi connectivity index (χ2n) is 9.23. The van der Waals surface area contributed by atoms with Gasteiger partial charge in [0.1, 0.15) is 5.82 Å². The summed E-state index contributed by atoms with van der Waals surface area (Å²) in [4.78, 5) is 16.5. The second kappa shape index (κ2) is 7.30. The van der Waals surface area contributed by atoms with Crippen molar-refractivity contribution in [3.63, 3.8) is 0 Å². The summed E-state index contributed by atoms with van der Waals surface area (Å²) in [6.45, 7) is 12.8. The summed E-state index contributed by atoms with van der Waals surface area (Å²) in [7, 11) is 2.02. The van der Waals surface area contributed by atoms with Gasteiger partial charge in [0.25, 0.3) is 0 Å². The third kappa shape index (κ3) is 3.26. The van der Waals surface area contributed by atoms with Gasteiger partial charge in [-0.1, -0.05) is 13.8 Å². The number of anilines is 3. The van der Waals surface area contributed by atoms with Crippen molar-refractivity contribution in [3.05, 3.63) is 41.5 Å². The molecule has 3 aromatic heterocycles. The first kappa shape index (κ1) is 19.9. The average molecular weight is 419 g/mol. The van der Waals surface area contributed by atoms with E-state index >= 15 is 0 Å². The van der Waals surface area contributed by atoms with Gasteiger partial charge in [-0.3, -0.25) is 4.68 Å². The molecule has 1 aliphatic heterocycles. The molecule has 1 fully saturated rings. The normalized spacial score (nSPS) is 17.0. The van der Waals surface area contributed by atoms with Crippen LogP contribution in [0.3, 0.4) is 0 Å². The smallest absolute Gasteiger partial charge is 0.228 e. The maximum Gasteiger partial charge on any atom is 0.228 e. The predicted molar refractivity (Wildman–Crippen MR) is 123 cm³/mol. The summed E-state index contributed by atoms with van der Waals surface area (Å²) in [5.74, 6) is 1.66. The number of fused-ring (bicyclic) bond motifs is 3. The Morgan fingerprint density at radius 1 is 1.10 bits per heavy atom. The average Bonchev–Trinajstić information content (AvgIpc) is 3.21. The van der Waals surface area contributed by atoms with E-state index in [-0.39, 0.29) is 5.41 Å². The van der Waals surface area contributed by atoms with Crippen LogP contribution in [0.25, 0.3) is 11.3 Å². The minimum atomic E-state index is -0.211. The van der Waals surface area contributed by atoms with E-state index in [1.165, 1.54) is 5.69 Å². The molecule has 0 amide bonds. The second-order valence-corrected chi connectivity index (χ2v) is 9.23. The molecule has 31 heavy (non-hydrogen) atoms. The molecule has 1 saturated heterocycles. The van der Waals surface area contributed by atoms with Crippen molar-refractivity contribution in [2.24, 2.45) is 7.05 Å². The molecule has 0 atom stereocenters. The predicted octanol–water partition coefficient (Wildman–Crippen LogP) is 3.19. The lowest BCUT2D eigenvalue weighted by Gasteiger charge is -2.29. The monoisotopic (exact) mass is 418 g/mol. The molecule has 0 aromatic carbocycles. The Morgan fingerprint density at radius 3 is 2.55 bits per heavy atom. The Morgan fingerprint density at radius 2 is 1.87 bits per heavy atom. The van der Waals surface area contributed by atoms with E-state index < -0.39 is 0 Å². The maximum atomic E-state index is 4.92. The van der Waals surface area contributed by atoms with Crippen LogP contribution in [0.1, 0.15) is 50.6 Å². The zero-order valence-corrected chi connectivity index (χ0v) is 18.9. The van der Waals surface area contributed by atoms with Crippen molar-refractivity contribution in [1.82, 2.24) is 30.0 Å². The van der Waals surface area contributed by atoms with Crippen LogP contribution >= 0.6 is 0 Å². The van der Waals surface area contributed by atoms with Crippen molar-refractivity contribution in [2.45, 2.75) is 39.0 Å². The minimum absolute atomic E-state index is 0.211. The zero-order chi connectivity index (χ0) is 21.8. The molecule has 162 valence electrons. The fourth-order valence-corrected chi connectivity index (χ4v) is 4.77. The summed E-state index contributed by atoms with van der Waals surface area (Å²) >= 11 is 0. The Balaban J connectivity index is 1.45. The molecule has 0 bridgehead atoms. The molecular weight excluding hydrogens is 388 g/mol. The summed E-state index contributed by atoms with van der Waals surface area (Å²) < 4.78 is 2.01. The molecule has 2 aliphatic rings. The minimum Gasteiger partial charge on any atom is -0.368 e. The Hall–Kier alpha value is -3.00. The van der Waals surface area contributed by atoms with Crippen molar-refractivity contribution in [2.75, 3.05) is 36.4 Å². The zero-order valence-electron chi connectivity index (χ0n) is 18.9. The summed E-state index contributed by atoms with van der Waals surface area (Å²) in [6, 6.07) is 4.10. The first-order valence-electron chi connectivity index (χ1n) is 11.0. The van der Waals surface area contributed by atoms with E-state index in [4.69, 9.17) is 10.1 Å². The number of hydrogen-bond acceptors (Lipinski definition) is 7. The van der Waals surface area contributed by atoms with Crippen LogP contribution in [0.5, 0.6) is 0 Å². The number of piperazine rings is 1. The standard InChI is InChI=1S/C23H30N8/c1-14(2)20-18-19-16(23(3,4)21(18)29-30(20)5)13-26-22(28-19)27-17-7-6-15(12-25-17)31-10-8-24-9-11-31/h6-7,12-14,24H,8-11H2,1-5H3,(H,25,26,27,28). The Bertz CT molecular complexity index is 1110. The van der Waals surface area contributed by atoms with Crippen molar-refractivity contribution < 1.29 is 0 Å².